The maximum absolute atomic E-state index is 13.4. The standard InChI is InChI=1S/C52H82N4O6/c1-5-9-13-15-17-19-21-23-25-27-39-61-47(57)33-37-55(35-11-7-3)43-29-31-45(53-41-43)49-51(59)50(52(49)60)46-32-30-44(42-54-46)56(36-12-8-4)38-34-48(58)62-40-28-26-24-22-20-18-16-14-10-6-2/h29-32,41-42H,5-28,33-40H2,1-4H3. The Hall–Kier alpha value is -4.08. The molecule has 0 aromatic carbocycles. The number of allylic oxidation sites excluding steroid dienone is 4. The van der Waals surface area contributed by atoms with E-state index >= 15 is 0 Å². The molecule has 0 saturated heterocycles. The Morgan fingerprint density at radius 2 is 1.15 bits per heavy atom. The third-order valence-electron chi connectivity index (χ3n) is 11.9. The number of carbonyl (C=O) groups excluding carboxylic acids is 3. The van der Waals surface area contributed by atoms with Crippen molar-refractivity contribution in [2.75, 3.05) is 44.3 Å². The van der Waals surface area contributed by atoms with Gasteiger partial charge in [0.05, 0.1) is 49.1 Å². The molecule has 10 heteroatoms. The number of anilines is 1. The summed E-state index contributed by atoms with van der Waals surface area (Å²) >= 11 is 0. The van der Waals surface area contributed by atoms with Crippen LogP contribution in [-0.2, 0) is 23.9 Å². The molecule has 1 aromatic rings. The summed E-state index contributed by atoms with van der Waals surface area (Å²) in [5, 5.41) is 13.4. The van der Waals surface area contributed by atoms with Gasteiger partial charge in [-0.2, -0.15) is 0 Å². The van der Waals surface area contributed by atoms with Crippen LogP contribution in [0.15, 0.2) is 52.5 Å². The second-order valence-electron chi connectivity index (χ2n) is 17.2. The summed E-state index contributed by atoms with van der Waals surface area (Å²) in [5.41, 5.74) is 2.47. The van der Waals surface area contributed by atoms with E-state index in [-0.39, 0.29) is 47.5 Å². The lowest BCUT2D eigenvalue weighted by Crippen LogP contribution is -2.31. The van der Waals surface area contributed by atoms with Gasteiger partial charge in [0, 0.05) is 36.7 Å². The summed E-state index contributed by atoms with van der Waals surface area (Å²) in [6.07, 6.45) is 36.2. The van der Waals surface area contributed by atoms with Crippen molar-refractivity contribution in [3.63, 3.8) is 0 Å². The number of unbranched alkanes of at least 4 members (excludes halogenated alkanes) is 20. The third-order valence-corrected chi connectivity index (χ3v) is 11.9. The fourth-order valence-corrected chi connectivity index (χ4v) is 7.89. The highest BCUT2D eigenvalue weighted by molar-refractivity contribution is 6.39. The lowest BCUT2D eigenvalue weighted by atomic mass is 9.84. The molecule has 0 radical (unpaired) electrons. The van der Waals surface area contributed by atoms with Gasteiger partial charge in [0.25, 0.3) is 0 Å². The molecule has 62 heavy (non-hydrogen) atoms. The molecule has 0 amide bonds. The van der Waals surface area contributed by atoms with Crippen molar-refractivity contribution in [3.05, 3.63) is 53.2 Å². The molecule has 1 aromatic heterocycles. The molecular weight excluding hydrogens is 777 g/mol. The monoisotopic (exact) mass is 859 g/mol. The van der Waals surface area contributed by atoms with E-state index in [0.29, 0.717) is 37.7 Å². The highest BCUT2D eigenvalue weighted by atomic mass is 16.5. The molecule has 2 aliphatic rings. The zero-order valence-electron chi connectivity index (χ0n) is 39.3. The molecule has 0 atom stereocenters. The number of ether oxygens (including phenoxy) is 2. The minimum Gasteiger partial charge on any atom is -0.871 e. The number of carbonyl (C=O) groups is 3. The summed E-state index contributed by atoms with van der Waals surface area (Å²) in [4.78, 5) is 49.7. The largest absolute Gasteiger partial charge is 0.871 e. The van der Waals surface area contributed by atoms with E-state index in [0.717, 1.165) is 75.9 Å². The Balaban J connectivity index is 1.48. The Labute approximate surface area is 375 Å². The van der Waals surface area contributed by atoms with Crippen LogP contribution in [0, 0.1) is 0 Å². The molecule has 0 saturated carbocycles. The number of pyridine rings is 1. The average Bonchev–Trinajstić information content (AvgIpc) is 3.28. The minimum absolute atomic E-state index is 0.0639. The van der Waals surface area contributed by atoms with E-state index in [9.17, 15) is 19.5 Å². The van der Waals surface area contributed by atoms with E-state index in [4.69, 9.17) is 9.47 Å². The number of nitrogens with zero attached hydrogens (tertiary/aromatic N) is 4. The van der Waals surface area contributed by atoms with Gasteiger partial charge in [-0.3, -0.25) is 19.4 Å². The molecule has 346 valence electrons. The van der Waals surface area contributed by atoms with Crippen LogP contribution in [0.4, 0.5) is 5.69 Å². The average molecular weight is 859 g/mol. The maximum atomic E-state index is 13.4. The summed E-state index contributed by atoms with van der Waals surface area (Å²) in [7, 11) is 0. The number of Topliss-reactive ketones (excluding diaryl/α,β-unsaturated/α-hetero) is 1. The zero-order valence-corrected chi connectivity index (χ0v) is 39.3. The summed E-state index contributed by atoms with van der Waals surface area (Å²) < 4.78 is 13.2. The number of aromatic nitrogens is 1. The normalized spacial score (nSPS) is 15.6. The first kappa shape index (κ1) is 52.3. The molecular formula is C52H82N4O6. The predicted molar refractivity (Wildman–Crippen MR) is 253 cm³/mol. The third kappa shape index (κ3) is 20.0. The van der Waals surface area contributed by atoms with Crippen LogP contribution >= 0.6 is 0 Å². The smallest absolute Gasteiger partial charge is 0.312 e. The van der Waals surface area contributed by atoms with Crippen molar-refractivity contribution in [1.82, 2.24) is 4.98 Å². The van der Waals surface area contributed by atoms with E-state index in [1.807, 2.05) is 12.1 Å². The van der Waals surface area contributed by atoms with Gasteiger partial charge >= 0.3 is 11.9 Å². The first-order valence-electron chi connectivity index (χ1n) is 24.9. The SMILES string of the molecule is CCCCCCCCCCCCOC(=O)CCN(CCCC)c1ccc(C2=C([O-])/C(=C3\C=CC(=[N+](CCCC)CCC(=O)OCCCCCCCCCCCC)C=N3)C2=O)nc1. The van der Waals surface area contributed by atoms with Crippen molar-refractivity contribution >= 4 is 40.9 Å². The first-order chi connectivity index (χ1) is 30.3. The molecule has 10 nitrogen and oxygen atoms in total. The molecule has 1 aliphatic carbocycles. The van der Waals surface area contributed by atoms with Crippen molar-refractivity contribution in [2.24, 2.45) is 4.99 Å². The predicted octanol–water partition coefficient (Wildman–Crippen LogP) is 11.2. The second kappa shape index (κ2) is 32.6. The van der Waals surface area contributed by atoms with Gasteiger partial charge in [0.2, 0.25) is 5.71 Å². The van der Waals surface area contributed by atoms with Gasteiger partial charge in [-0.25, -0.2) is 9.57 Å². The van der Waals surface area contributed by atoms with Gasteiger partial charge < -0.3 is 19.5 Å². The Morgan fingerprint density at radius 3 is 1.63 bits per heavy atom. The van der Waals surface area contributed by atoms with E-state index in [1.54, 1.807) is 24.6 Å². The Kier molecular flexibility index (Phi) is 27.5. The highest BCUT2D eigenvalue weighted by Gasteiger charge is 2.32. The second-order valence-corrected chi connectivity index (χ2v) is 17.2. The van der Waals surface area contributed by atoms with Crippen LogP contribution in [0.25, 0.3) is 5.57 Å². The van der Waals surface area contributed by atoms with E-state index in [2.05, 4.69) is 47.1 Å². The number of aliphatic imine (C=N–C) groups is 1. The maximum Gasteiger partial charge on any atom is 0.312 e. The van der Waals surface area contributed by atoms with Crippen LogP contribution < -0.4 is 10.0 Å². The highest BCUT2D eigenvalue weighted by Crippen LogP contribution is 2.37. The van der Waals surface area contributed by atoms with E-state index < -0.39 is 0 Å². The Morgan fingerprint density at radius 1 is 0.613 bits per heavy atom. The van der Waals surface area contributed by atoms with Gasteiger partial charge in [-0.15, -0.1) is 0 Å². The summed E-state index contributed by atoms with van der Waals surface area (Å²) in [6, 6.07) is 3.58. The number of hydrogen-bond acceptors (Lipinski definition) is 9. The van der Waals surface area contributed by atoms with Crippen molar-refractivity contribution < 1.29 is 33.5 Å². The molecule has 1 aliphatic heterocycles. The number of dihydropyridines is 1. The molecule has 0 bridgehead atoms. The topological polar surface area (TPSA) is 124 Å². The molecule has 0 fully saturated rings. The van der Waals surface area contributed by atoms with Gasteiger partial charge in [-0.05, 0) is 37.5 Å². The van der Waals surface area contributed by atoms with Crippen molar-refractivity contribution in [2.45, 2.75) is 195 Å². The fourth-order valence-electron chi connectivity index (χ4n) is 7.89. The van der Waals surface area contributed by atoms with Crippen LogP contribution in [0.1, 0.15) is 200 Å². The van der Waals surface area contributed by atoms with Crippen LogP contribution in [0.3, 0.4) is 0 Å². The Bertz CT molecular complexity index is 1610. The number of rotatable bonds is 36. The van der Waals surface area contributed by atoms with Gasteiger partial charge in [0.1, 0.15) is 13.0 Å². The molecule has 0 unspecified atom stereocenters. The van der Waals surface area contributed by atoms with Crippen LogP contribution in [0.5, 0.6) is 0 Å². The van der Waals surface area contributed by atoms with Crippen molar-refractivity contribution in [1.29, 1.82) is 0 Å². The number of hydrogen-bond donors (Lipinski definition) is 0. The minimum atomic E-state index is -0.364. The van der Waals surface area contributed by atoms with Crippen LogP contribution in [-0.4, -0.2) is 78.6 Å². The fraction of sp³-hybridized carbons (Fsp3) is 0.692. The molecule has 0 spiro atoms. The molecule has 0 N–H and O–H groups in total. The number of esters is 2. The van der Waals surface area contributed by atoms with Crippen molar-refractivity contribution in [3.8, 4) is 0 Å². The zero-order chi connectivity index (χ0) is 44.6. The van der Waals surface area contributed by atoms with E-state index in [1.165, 1.54) is 103 Å². The number of ketones is 1. The summed E-state index contributed by atoms with van der Waals surface area (Å²) in [5.74, 6) is -1.12. The van der Waals surface area contributed by atoms with Gasteiger partial charge in [0.15, 0.2) is 12.3 Å². The molecule has 2 heterocycles. The first-order valence-corrected chi connectivity index (χ1v) is 24.9. The molecule has 3 rings (SSSR count). The van der Waals surface area contributed by atoms with Gasteiger partial charge in [-0.1, -0.05) is 162 Å². The lowest BCUT2D eigenvalue weighted by Gasteiger charge is -2.31. The quantitative estimate of drug-likeness (QED) is 0.0283. The van der Waals surface area contributed by atoms with Crippen LogP contribution in [0.2, 0.25) is 0 Å². The summed E-state index contributed by atoms with van der Waals surface area (Å²) in [6.45, 7) is 12.2. The lowest BCUT2D eigenvalue weighted by molar-refractivity contribution is -0.525.